The van der Waals surface area contributed by atoms with Gasteiger partial charge in [0.1, 0.15) is 0 Å². The summed E-state index contributed by atoms with van der Waals surface area (Å²) in [4.78, 5) is 34.3. The Morgan fingerprint density at radius 1 is 1.13 bits per heavy atom. The fourth-order valence-electron chi connectivity index (χ4n) is 2.62. The normalized spacial score (nSPS) is 10.5. The first-order valence-corrected chi connectivity index (χ1v) is 9.77. The number of hydrogen-bond acceptors (Lipinski definition) is 7. The summed E-state index contributed by atoms with van der Waals surface area (Å²) in [5.74, 6) is -0.429. The second-order valence-corrected chi connectivity index (χ2v) is 7.22. The Kier molecular flexibility index (Phi) is 6.42. The van der Waals surface area contributed by atoms with Crippen molar-refractivity contribution in [3.05, 3.63) is 69.8 Å². The van der Waals surface area contributed by atoms with Gasteiger partial charge in [0.15, 0.2) is 11.0 Å². The number of hydrazine groups is 1. The van der Waals surface area contributed by atoms with Crippen LogP contribution in [-0.4, -0.2) is 37.3 Å². The van der Waals surface area contributed by atoms with Crippen LogP contribution in [0.2, 0.25) is 0 Å². The molecule has 2 aromatic carbocycles. The minimum atomic E-state index is -0.655. The molecule has 10 nitrogen and oxygen atoms in total. The van der Waals surface area contributed by atoms with E-state index in [2.05, 4.69) is 21.0 Å². The third-order valence-corrected chi connectivity index (χ3v) is 5.21. The molecule has 11 heteroatoms. The fraction of sp³-hybridized carbons (Fsp3) is 0.158. The number of hydrogen-bond donors (Lipinski definition) is 2. The summed E-state index contributed by atoms with van der Waals surface area (Å²) in [7, 11) is 1.81. The van der Waals surface area contributed by atoms with E-state index < -0.39 is 16.7 Å². The summed E-state index contributed by atoms with van der Waals surface area (Å²) in [5.41, 5.74) is 6.38. The fourth-order valence-corrected chi connectivity index (χ4v) is 3.34. The molecule has 3 aromatic rings. The number of nitrogens with zero attached hydrogens (tertiary/aromatic N) is 4. The van der Waals surface area contributed by atoms with Crippen molar-refractivity contribution in [2.45, 2.75) is 12.1 Å². The number of amides is 2. The van der Waals surface area contributed by atoms with Crippen LogP contribution in [0.3, 0.4) is 0 Å². The zero-order valence-corrected chi connectivity index (χ0v) is 17.0. The third-order valence-electron chi connectivity index (χ3n) is 4.19. The van der Waals surface area contributed by atoms with E-state index in [0.717, 1.165) is 17.2 Å². The molecule has 0 aliphatic heterocycles. The molecular weight excluding hydrogens is 408 g/mol. The van der Waals surface area contributed by atoms with Crippen molar-refractivity contribution in [1.29, 1.82) is 0 Å². The first-order valence-electron chi connectivity index (χ1n) is 8.78. The molecule has 0 unspecified atom stereocenters. The molecule has 0 saturated carbocycles. The number of aryl methyl sites for hydroxylation is 1. The van der Waals surface area contributed by atoms with Gasteiger partial charge in [0.2, 0.25) is 5.91 Å². The monoisotopic (exact) mass is 426 g/mol. The van der Waals surface area contributed by atoms with E-state index in [4.69, 9.17) is 0 Å². The molecule has 0 fully saturated rings. The number of aromatic nitrogens is 3. The Hall–Kier alpha value is -3.73. The molecule has 0 atom stereocenters. The Bertz CT molecular complexity index is 1110. The highest BCUT2D eigenvalue weighted by Gasteiger charge is 2.15. The van der Waals surface area contributed by atoms with Crippen molar-refractivity contribution in [2.24, 2.45) is 7.05 Å². The molecule has 3 rings (SSSR count). The van der Waals surface area contributed by atoms with Crippen molar-refractivity contribution < 1.29 is 14.5 Å². The van der Waals surface area contributed by atoms with Gasteiger partial charge < -0.3 is 4.57 Å². The predicted molar refractivity (Wildman–Crippen MR) is 111 cm³/mol. The standard InChI is InChI=1S/C19H18N6O4S/c1-12-6-3-4-9-15(12)17-21-23-19(24(17)2)30-11-16(26)20-22-18(27)13-7-5-8-14(10-13)25(28)29/h3-10H,11H2,1-2H3,(H,20,26)(H,22,27). The quantitative estimate of drug-likeness (QED) is 0.351. The Morgan fingerprint density at radius 2 is 1.90 bits per heavy atom. The molecule has 0 radical (unpaired) electrons. The smallest absolute Gasteiger partial charge is 0.270 e. The summed E-state index contributed by atoms with van der Waals surface area (Å²) in [6.07, 6.45) is 0. The molecule has 0 spiro atoms. The molecule has 1 heterocycles. The lowest BCUT2D eigenvalue weighted by Gasteiger charge is -2.08. The summed E-state index contributed by atoms with van der Waals surface area (Å²) in [6.45, 7) is 1.98. The van der Waals surface area contributed by atoms with E-state index >= 15 is 0 Å². The topological polar surface area (TPSA) is 132 Å². The number of non-ortho nitro benzene ring substituents is 1. The number of benzene rings is 2. The maximum Gasteiger partial charge on any atom is 0.270 e. The summed E-state index contributed by atoms with van der Waals surface area (Å²) < 4.78 is 1.79. The van der Waals surface area contributed by atoms with Gasteiger partial charge in [0.05, 0.1) is 10.7 Å². The Labute approximate surface area is 175 Å². The van der Waals surface area contributed by atoms with Crippen LogP contribution in [0, 0.1) is 17.0 Å². The highest BCUT2D eigenvalue weighted by atomic mass is 32.2. The highest BCUT2D eigenvalue weighted by molar-refractivity contribution is 7.99. The lowest BCUT2D eigenvalue weighted by atomic mass is 10.1. The van der Waals surface area contributed by atoms with Crippen LogP contribution < -0.4 is 10.9 Å². The van der Waals surface area contributed by atoms with Crippen molar-refractivity contribution in [2.75, 3.05) is 5.75 Å². The summed E-state index contributed by atoms with van der Waals surface area (Å²) in [5, 5.41) is 19.7. The zero-order chi connectivity index (χ0) is 21.7. The first kappa shape index (κ1) is 21.0. The van der Waals surface area contributed by atoms with Crippen LogP contribution in [-0.2, 0) is 11.8 Å². The van der Waals surface area contributed by atoms with E-state index in [1.54, 1.807) is 4.57 Å². The first-order chi connectivity index (χ1) is 14.4. The molecule has 0 saturated heterocycles. The Morgan fingerprint density at radius 3 is 2.63 bits per heavy atom. The molecule has 0 aliphatic carbocycles. The van der Waals surface area contributed by atoms with Gasteiger partial charge in [0.25, 0.3) is 11.6 Å². The molecular formula is C19H18N6O4S. The second kappa shape index (κ2) is 9.18. The SMILES string of the molecule is Cc1ccccc1-c1nnc(SCC(=O)NNC(=O)c2cccc([N+](=O)[O-])c2)n1C. The number of carbonyl (C=O) groups excluding carboxylic acids is 2. The van der Waals surface area contributed by atoms with Crippen molar-refractivity contribution >= 4 is 29.3 Å². The number of carbonyl (C=O) groups is 2. The largest absolute Gasteiger partial charge is 0.305 e. The Balaban J connectivity index is 1.55. The van der Waals surface area contributed by atoms with Gasteiger partial charge in [-0.25, -0.2) is 0 Å². The van der Waals surface area contributed by atoms with E-state index in [1.807, 2.05) is 38.2 Å². The maximum absolute atomic E-state index is 12.1. The minimum Gasteiger partial charge on any atom is -0.305 e. The van der Waals surface area contributed by atoms with E-state index in [-0.39, 0.29) is 17.0 Å². The number of rotatable bonds is 6. The average molecular weight is 426 g/mol. The van der Waals surface area contributed by atoms with Crippen LogP contribution >= 0.6 is 11.8 Å². The molecule has 0 aliphatic rings. The van der Waals surface area contributed by atoms with Gasteiger partial charge in [0, 0.05) is 30.3 Å². The molecule has 0 bridgehead atoms. The van der Waals surface area contributed by atoms with Crippen LogP contribution in [0.1, 0.15) is 15.9 Å². The number of nitro groups is 1. The lowest BCUT2D eigenvalue weighted by molar-refractivity contribution is -0.384. The van der Waals surface area contributed by atoms with Gasteiger partial charge in [-0.05, 0) is 18.6 Å². The zero-order valence-electron chi connectivity index (χ0n) is 16.2. The maximum atomic E-state index is 12.1. The van der Waals surface area contributed by atoms with Gasteiger partial charge >= 0.3 is 0 Å². The van der Waals surface area contributed by atoms with Crippen LogP contribution in [0.25, 0.3) is 11.4 Å². The number of thioether (sulfide) groups is 1. The van der Waals surface area contributed by atoms with Crippen LogP contribution in [0.15, 0.2) is 53.7 Å². The van der Waals surface area contributed by atoms with Crippen molar-refractivity contribution in [1.82, 2.24) is 25.6 Å². The molecule has 1 aromatic heterocycles. The lowest BCUT2D eigenvalue weighted by Crippen LogP contribution is -2.42. The number of nitrogens with one attached hydrogen (secondary N) is 2. The summed E-state index contributed by atoms with van der Waals surface area (Å²) >= 11 is 1.17. The van der Waals surface area contributed by atoms with Gasteiger partial charge in [-0.2, -0.15) is 0 Å². The minimum absolute atomic E-state index is 0.00500. The van der Waals surface area contributed by atoms with Gasteiger partial charge in [-0.3, -0.25) is 30.6 Å². The van der Waals surface area contributed by atoms with Crippen molar-refractivity contribution in [3.63, 3.8) is 0 Å². The molecule has 2 N–H and O–H groups in total. The van der Waals surface area contributed by atoms with Gasteiger partial charge in [-0.15, -0.1) is 10.2 Å². The van der Waals surface area contributed by atoms with E-state index in [0.29, 0.717) is 11.0 Å². The molecule has 2 amide bonds. The van der Waals surface area contributed by atoms with E-state index in [1.165, 1.54) is 30.0 Å². The third kappa shape index (κ3) is 4.81. The van der Waals surface area contributed by atoms with E-state index in [9.17, 15) is 19.7 Å². The highest BCUT2D eigenvalue weighted by Crippen LogP contribution is 2.24. The number of nitro benzene ring substituents is 1. The predicted octanol–water partition coefficient (Wildman–Crippen LogP) is 2.25. The second-order valence-electron chi connectivity index (χ2n) is 6.28. The molecule has 30 heavy (non-hydrogen) atoms. The van der Waals surface area contributed by atoms with Crippen molar-refractivity contribution in [3.8, 4) is 11.4 Å². The van der Waals surface area contributed by atoms with Crippen LogP contribution in [0.5, 0.6) is 0 Å². The van der Waals surface area contributed by atoms with Crippen LogP contribution in [0.4, 0.5) is 5.69 Å². The summed E-state index contributed by atoms with van der Waals surface area (Å²) in [6, 6.07) is 13.0. The average Bonchev–Trinajstić information content (AvgIpc) is 3.11. The molecule has 154 valence electrons. The van der Waals surface area contributed by atoms with Gasteiger partial charge in [-0.1, -0.05) is 42.1 Å².